The number of aromatic carboxylic acids is 1. The molecular formula is C28H23ClFN7O3. The van der Waals surface area contributed by atoms with Gasteiger partial charge >= 0.3 is 5.97 Å². The second-order valence-corrected chi connectivity index (χ2v) is 9.87. The van der Waals surface area contributed by atoms with Crippen LogP contribution in [0.25, 0.3) is 16.7 Å². The number of benzene rings is 2. The number of nitrogens with zero attached hydrogens (tertiary/aromatic N) is 7. The molecule has 5 aromatic rings. The fourth-order valence-corrected chi connectivity index (χ4v) is 5.09. The molecule has 2 aromatic carbocycles. The summed E-state index contributed by atoms with van der Waals surface area (Å²) in [7, 11) is 0. The molecule has 1 aliphatic rings. The first-order valence-corrected chi connectivity index (χ1v) is 12.9. The third-order valence-corrected chi connectivity index (χ3v) is 7.16. The number of carboxylic acid groups (broad SMARTS) is 1. The van der Waals surface area contributed by atoms with Gasteiger partial charge in [-0.3, -0.25) is 4.79 Å². The van der Waals surface area contributed by atoms with Crippen LogP contribution < -0.4 is 15.2 Å². The molecule has 1 N–H and O–H groups in total. The number of fused-ring (bicyclic) bond motifs is 1. The maximum Gasteiger partial charge on any atom is 0.341 e. The fraction of sp³-hybridized carbons (Fsp3) is 0.179. The van der Waals surface area contributed by atoms with E-state index in [1.54, 1.807) is 29.2 Å². The molecule has 6 rings (SSSR count). The number of piperazine rings is 1. The lowest BCUT2D eigenvalue weighted by molar-refractivity contribution is 0.0695. The summed E-state index contributed by atoms with van der Waals surface area (Å²) >= 11 is 6.15. The highest BCUT2D eigenvalue weighted by Crippen LogP contribution is 2.27. The second kappa shape index (κ2) is 10.4. The van der Waals surface area contributed by atoms with Gasteiger partial charge in [0.2, 0.25) is 5.43 Å². The van der Waals surface area contributed by atoms with Gasteiger partial charge in [-0.1, -0.05) is 35.0 Å². The van der Waals surface area contributed by atoms with Gasteiger partial charge in [0, 0.05) is 55.0 Å². The molecule has 3 aromatic heterocycles. The Morgan fingerprint density at radius 3 is 2.42 bits per heavy atom. The summed E-state index contributed by atoms with van der Waals surface area (Å²) in [6, 6.07) is 16.0. The highest BCUT2D eigenvalue weighted by molar-refractivity contribution is 6.30. The number of halogens is 2. The van der Waals surface area contributed by atoms with E-state index in [2.05, 4.69) is 20.2 Å². The lowest BCUT2D eigenvalue weighted by Crippen LogP contribution is -2.47. The Hall–Kier alpha value is -4.77. The lowest BCUT2D eigenvalue weighted by atomic mass is 10.1. The first-order valence-electron chi connectivity index (χ1n) is 12.6. The van der Waals surface area contributed by atoms with Crippen molar-refractivity contribution >= 4 is 40.1 Å². The number of hydrogen-bond donors (Lipinski definition) is 1. The maximum absolute atomic E-state index is 15.4. The van der Waals surface area contributed by atoms with E-state index in [4.69, 9.17) is 11.6 Å². The van der Waals surface area contributed by atoms with E-state index in [9.17, 15) is 14.7 Å². The first-order chi connectivity index (χ1) is 19.4. The van der Waals surface area contributed by atoms with E-state index >= 15 is 4.39 Å². The predicted octanol–water partition coefficient (Wildman–Crippen LogP) is 3.84. The Bertz CT molecular complexity index is 1770. The van der Waals surface area contributed by atoms with E-state index in [0.717, 1.165) is 17.3 Å². The Kier molecular flexibility index (Phi) is 6.64. The topological polar surface area (TPSA) is 109 Å². The minimum absolute atomic E-state index is 0.106. The van der Waals surface area contributed by atoms with Crippen LogP contribution in [0.3, 0.4) is 0 Å². The zero-order chi connectivity index (χ0) is 27.8. The molecule has 0 aliphatic carbocycles. The zero-order valence-electron chi connectivity index (χ0n) is 21.1. The zero-order valence-corrected chi connectivity index (χ0v) is 21.9. The minimum Gasteiger partial charge on any atom is -0.477 e. The first kappa shape index (κ1) is 25.5. The van der Waals surface area contributed by atoms with Crippen molar-refractivity contribution < 1.29 is 14.3 Å². The van der Waals surface area contributed by atoms with E-state index in [1.807, 2.05) is 41.3 Å². The molecule has 0 saturated carbocycles. The summed E-state index contributed by atoms with van der Waals surface area (Å²) in [5, 5.41) is 18.0. The van der Waals surface area contributed by atoms with Gasteiger partial charge in [-0.25, -0.2) is 18.9 Å². The Morgan fingerprint density at radius 2 is 1.75 bits per heavy atom. The molecule has 1 aliphatic heterocycles. The molecule has 4 heterocycles. The molecule has 0 spiro atoms. The monoisotopic (exact) mass is 559 g/mol. The van der Waals surface area contributed by atoms with E-state index in [0.29, 0.717) is 43.4 Å². The molecule has 1 saturated heterocycles. The van der Waals surface area contributed by atoms with Gasteiger partial charge in [-0.15, -0.1) is 5.10 Å². The van der Waals surface area contributed by atoms with E-state index < -0.39 is 22.8 Å². The molecule has 0 unspecified atom stereocenters. The highest BCUT2D eigenvalue weighted by Gasteiger charge is 2.24. The van der Waals surface area contributed by atoms with Gasteiger partial charge in [0.15, 0.2) is 17.3 Å². The second-order valence-electron chi connectivity index (χ2n) is 9.43. The normalized spacial score (nSPS) is 13.7. The van der Waals surface area contributed by atoms with Crippen LogP contribution in [0.15, 0.2) is 78.0 Å². The van der Waals surface area contributed by atoms with Gasteiger partial charge < -0.3 is 19.5 Å². The van der Waals surface area contributed by atoms with Crippen LogP contribution in [0, 0.1) is 5.82 Å². The lowest BCUT2D eigenvalue weighted by Gasteiger charge is -2.37. The van der Waals surface area contributed by atoms with Crippen molar-refractivity contribution in [2.45, 2.75) is 6.54 Å². The molecule has 202 valence electrons. The fourth-order valence-electron chi connectivity index (χ4n) is 4.90. The largest absolute Gasteiger partial charge is 0.477 e. The average molecular weight is 560 g/mol. The van der Waals surface area contributed by atoms with Crippen LogP contribution in [-0.4, -0.2) is 61.8 Å². The quantitative estimate of drug-likeness (QED) is 0.334. The van der Waals surface area contributed by atoms with Crippen molar-refractivity contribution in [3.63, 3.8) is 0 Å². The Balaban J connectivity index is 1.37. The third kappa shape index (κ3) is 4.87. The number of carboxylic acids is 1. The van der Waals surface area contributed by atoms with Crippen molar-refractivity contribution in [2.75, 3.05) is 36.0 Å². The van der Waals surface area contributed by atoms with Gasteiger partial charge in [-0.05, 0) is 42.0 Å². The van der Waals surface area contributed by atoms with Crippen molar-refractivity contribution in [1.29, 1.82) is 0 Å². The van der Waals surface area contributed by atoms with Crippen molar-refractivity contribution in [3.05, 3.63) is 105 Å². The number of anilines is 2. The summed E-state index contributed by atoms with van der Waals surface area (Å²) in [6.07, 6.45) is 4.58. The van der Waals surface area contributed by atoms with Gasteiger partial charge in [0.05, 0.1) is 18.1 Å². The molecule has 12 heteroatoms. The molecule has 0 radical (unpaired) electrons. The minimum atomic E-state index is -1.40. The Morgan fingerprint density at radius 1 is 1.00 bits per heavy atom. The van der Waals surface area contributed by atoms with Crippen LogP contribution in [0.1, 0.15) is 15.9 Å². The number of carbonyl (C=O) groups is 1. The van der Waals surface area contributed by atoms with Crippen molar-refractivity contribution in [3.8, 4) is 5.69 Å². The summed E-state index contributed by atoms with van der Waals surface area (Å²) < 4.78 is 18.6. The molecule has 0 atom stereocenters. The summed E-state index contributed by atoms with van der Waals surface area (Å²) in [4.78, 5) is 33.5. The van der Waals surface area contributed by atoms with Crippen LogP contribution in [-0.2, 0) is 6.54 Å². The number of pyridine rings is 2. The SMILES string of the molecule is O=C(O)c1cn(-c2ccc(Cn3ccnn3)cc2)c2nc(N3CCN(c4cccc(Cl)c4)CC3)c(F)cc2c1=O. The molecule has 10 nitrogen and oxygen atoms in total. The van der Waals surface area contributed by atoms with Crippen molar-refractivity contribution in [1.82, 2.24) is 24.5 Å². The summed E-state index contributed by atoms with van der Waals surface area (Å²) in [6.45, 7) is 2.74. The summed E-state index contributed by atoms with van der Waals surface area (Å²) in [5.74, 6) is -1.97. The smallest absolute Gasteiger partial charge is 0.341 e. The summed E-state index contributed by atoms with van der Waals surface area (Å²) in [5.41, 5.74) is 1.42. The van der Waals surface area contributed by atoms with Gasteiger partial charge in [0.1, 0.15) is 5.56 Å². The Labute approximate surface area is 232 Å². The average Bonchev–Trinajstić information content (AvgIpc) is 3.47. The molecule has 40 heavy (non-hydrogen) atoms. The van der Waals surface area contributed by atoms with E-state index in [1.165, 1.54) is 10.8 Å². The third-order valence-electron chi connectivity index (χ3n) is 6.93. The van der Waals surface area contributed by atoms with Crippen LogP contribution in [0.5, 0.6) is 0 Å². The van der Waals surface area contributed by atoms with E-state index in [-0.39, 0.29) is 16.9 Å². The van der Waals surface area contributed by atoms with Crippen molar-refractivity contribution in [2.24, 2.45) is 0 Å². The van der Waals surface area contributed by atoms with Crippen LogP contribution >= 0.6 is 11.6 Å². The van der Waals surface area contributed by atoms with Crippen LogP contribution in [0.4, 0.5) is 15.9 Å². The maximum atomic E-state index is 15.4. The van der Waals surface area contributed by atoms with Gasteiger partial charge in [0.25, 0.3) is 0 Å². The number of hydrogen-bond acceptors (Lipinski definition) is 7. The standard InChI is InChI=1S/C28H23ClFN7O3/c29-19-2-1-3-21(14-19)34-10-12-35(13-11-34)27-24(30)15-22-25(38)23(28(39)40)17-37(26(22)32-27)20-6-4-18(5-7-20)16-36-9-8-31-33-36/h1-9,14-15,17H,10-13,16H2,(H,39,40). The van der Waals surface area contributed by atoms with Gasteiger partial charge in [-0.2, -0.15) is 0 Å². The molecular weight excluding hydrogens is 537 g/mol. The molecule has 0 amide bonds. The molecule has 0 bridgehead atoms. The number of rotatable bonds is 6. The molecule has 1 fully saturated rings. The number of aromatic nitrogens is 5. The highest BCUT2D eigenvalue weighted by atomic mass is 35.5. The predicted molar refractivity (Wildman–Crippen MR) is 149 cm³/mol. The van der Waals surface area contributed by atoms with Crippen LogP contribution in [0.2, 0.25) is 5.02 Å².